The second-order valence-electron chi connectivity index (χ2n) is 4.96. The minimum absolute atomic E-state index is 0.244. The van der Waals surface area contributed by atoms with Gasteiger partial charge in [0.25, 0.3) is 0 Å². The highest BCUT2D eigenvalue weighted by molar-refractivity contribution is 5.66. The van der Waals surface area contributed by atoms with Crippen molar-refractivity contribution in [1.29, 1.82) is 0 Å². The molecule has 2 heteroatoms. The molecule has 90 valence electrons. The van der Waals surface area contributed by atoms with Crippen LogP contribution in [0.3, 0.4) is 0 Å². The van der Waals surface area contributed by atoms with Crippen LogP contribution < -0.4 is 0 Å². The second kappa shape index (κ2) is 7.08. The molecule has 2 nitrogen and oxygen atoms in total. The van der Waals surface area contributed by atoms with Gasteiger partial charge in [0.05, 0.1) is 6.21 Å². The van der Waals surface area contributed by atoms with Gasteiger partial charge in [0.1, 0.15) is 0 Å². The monoisotopic (exact) mass is 221 g/mol. The normalized spacial score (nSPS) is 11.1. The fourth-order valence-corrected chi connectivity index (χ4v) is 1.14. The Morgan fingerprint density at radius 3 is 2.44 bits per heavy atom. The van der Waals surface area contributed by atoms with Crippen molar-refractivity contribution in [2.45, 2.75) is 47.5 Å². The Hall–Kier alpha value is -1.27. The van der Waals surface area contributed by atoms with Crippen LogP contribution in [-0.4, -0.2) is 11.4 Å². The molecule has 0 amide bonds. The van der Waals surface area contributed by atoms with E-state index in [1.165, 1.54) is 17.4 Å². The fraction of sp³-hybridized carbons (Fsp3) is 0.571. The number of hydrogen-bond acceptors (Lipinski definition) is 2. The van der Waals surface area contributed by atoms with E-state index in [0.717, 1.165) is 12.8 Å². The molecule has 0 aromatic rings. The number of hydrogen-bond donors (Lipinski definition) is 1. The van der Waals surface area contributed by atoms with Crippen LogP contribution in [0.25, 0.3) is 0 Å². The quantitative estimate of drug-likeness (QED) is 0.242. The van der Waals surface area contributed by atoms with E-state index in [2.05, 4.69) is 37.7 Å². The van der Waals surface area contributed by atoms with E-state index in [0.29, 0.717) is 0 Å². The first kappa shape index (κ1) is 14.7. The van der Waals surface area contributed by atoms with Crippen LogP contribution in [0.5, 0.6) is 0 Å². The molecule has 16 heavy (non-hydrogen) atoms. The third-order valence-electron chi connectivity index (χ3n) is 2.15. The zero-order valence-corrected chi connectivity index (χ0v) is 11.0. The van der Waals surface area contributed by atoms with Crippen LogP contribution in [0.4, 0.5) is 0 Å². The fourth-order valence-electron chi connectivity index (χ4n) is 1.14. The van der Waals surface area contributed by atoms with Crippen molar-refractivity contribution >= 4 is 6.21 Å². The van der Waals surface area contributed by atoms with Crippen molar-refractivity contribution in [1.82, 2.24) is 0 Å². The minimum atomic E-state index is -0.244. The smallest absolute Gasteiger partial charge is 0.0536 e. The van der Waals surface area contributed by atoms with E-state index in [1.54, 1.807) is 0 Å². The molecule has 0 unspecified atom stereocenters. The van der Waals surface area contributed by atoms with Gasteiger partial charge in [-0.1, -0.05) is 25.5 Å². The van der Waals surface area contributed by atoms with Crippen LogP contribution in [-0.2, 0) is 0 Å². The number of allylic oxidation sites excluding steroid dienone is 3. The molecule has 0 bridgehead atoms. The maximum Gasteiger partial charge on any atom is 0.0536 e. The zero-order chi connectivity index (χ0) is 12.6. The Balaban J connectivity index is 4.42. The molecule has 0 rings (SSSR count). The van der Waals surface area contributed by atoms with Crippen LogP contribution >= 0.6 is 0 Å². The highest BCUT2D eigenvalue weighted by Gasteiger charge is 2.09. The Bertz CT molecular complexity index is 325. The van der Waals surface area contributed by atoms with Crippen LogP contribution in [0.1, 0.15) is 47.5 Å². The molecule has 0 aromatic heterocycles. The Kier molecular flexibility index (Phi) is 6.52. The summed E-state index contributed by atoms with van der Waals surface area (Å²) in [4.78, 5) is 0. The Morgan fingerprint density at radius 1 is 1.31 bits per heavy atom. The van der Waals surface area contributed by atoms with Crippen molar-refractivity contribution in [3.8, 4) is 0 Å². The van der Waals surface area contributed by atoms with Crippen molar-refractivity contribution < 1.29 is 5.21 Å². The van der Waals surface area contributed by atoms with E-state index in [9.17, 15) is 0 Å². The first-order valence-corrected chi connectivity index (χ1v) is 5.62. The van der Waals surface area contributed by atoms with Crippen molar-refractivity contribution in [2.75, 3.05) is 0 Å². The Morgan fingerprint density at radius 2 is 1.94 bits per heavy atom. The summed E-state index contributed by atoms with van der Waals surface area (Å²) in [5.41, 5.74) is 5.57. The summed E-state index contributed by atoms with van der Waals surface area (Å²) >= 11 is 0. The summed E-state index contributed by atoms with van der Waals surface area (Å²) in [7, 11) is 0. The molecule has 0 saturated heterocycles. The van der Waals surface area contributed by atoms with Gasteiger partial charge in [-0.3, -0.25) is 0 Å². The van der Waals surface area contributed by atoms with Gasteiger partial charge in [-0.25, -0.2) is 0 Å². The van der Waals surface area contributed by atoms with Gasteiger partial charge in [-0.15, -0.1) is 10.9 Å². The summed E-state index contributed by atoms with van der Waals surface area (Å²) in [6, 6.07) is 0. The van der Waals surface area contributed by atoms with Gasteiger partial charge in [-0.2, -0.15) is 0 Å². The molecule has 0 saturated carbocycles. The molecule has 1 N–H and O–H groups in total. The zero-order valence-electron chi connectivity index (χ0n) is 11.0. The van der Waals surface area contributed by atoms with Gasteiger partial charge in [0, 0.05) is 5.41 Å². The summed E-state index contributed by atoms with van der Waals surface area (Å²) in [5, 5.41) is 11.5. The van der Waals surface area contributed by atoms with Gasteiger partial charge >= 0.3 is 0 Å². The van der Waals surface area contributed by atoms with Crippen LogP contribution in [0.15, 0.2) is 34.2 Å². The third-order valence-corrected chi connectivity index (χ3v) is 2.15. The van der Waals surface area contributed by atoms with E-state index < -0.39 is 0 Å². The lowest BCUT2D eigenvalue weighted by atomic mass is 9.95. The lowest BCUT2D eigenvalue weighted by molar-refractivity contribution is 0.317. The number of oxime groups is 1. The van der Waals surface area contributed by atoms with Gasteiger partial charge in [-0.05, 0) is 45.3 Å². The first-order valence-electron chi connectivity index (χ1n) is 5.62. The maximum absolute atomic E-state index is 8.48. The van der Waals surface area contributed by atoms with E-state index in [-0.39, 0.29) is 5.41 Å². The first-order chi connectivity index (χ1) is 7.37. The standard InChI is InChI=1S/C14H23NO/c1-12(2)7-6-8-13(3)9-10-14(4,5)11-15-16/h7,10-11,16H,6,8H2,1-5H3/b15-11-. The highest BCUT2D eigenvalue weighted by atomic mass is 16.4. The lowest BCUT2D eigenvalue weighted by Crippen LogP contribution is -2.08. The molecule has 0 aliphatic carbocycles. The van der Waals surface area contributed by atoms with Gasteiger partial charge in [0.15, 0.2) is 0 Å². The summed E-state index contributed by atoms with van der Waals surface area (Å²) < 4.78 is 0. The molecule has 0 spiro atoms. The molecule has 0 aromatic carbocycles. The second-order valence-corrected chi connectivity index (χ2v) is 4.96. The molecular weight excluding hydrogens is 198 g/mol. The third kappa shape index (κ3) is 8.07. The summed E-state index contributed by atoms with van der Waals surface area (Å²) in [6.45, 7) is 10.2. The van der Waals surface area contributed by atoms with E-state index >= 15 is 0 Å². The van der Waals surface area contributed by atoms with Crippen molar-refractivity contribution in [2.24, 2.45) is 10.6 Å². The predicted molar refractivity (Wildman–Crippen MR) is 70.0 cm³/mol. The molecule has 0 radical (unpaired) electrons. The molecule has 0 atom stereocenters. The van der Waals surface area contributed by atoms with E-state index in [1.807, 2.05) is 19.9 Å². The molecule has 0 fully saturated rings. The Labute approximate surface area is 99.1 Å². The van der Waals surface area contributed by atoms with Gasteiger partial charge in [0.2, 0.25) is 0 Å². The molecule has 0 heterocycles. The van der Waals surface area contributed by atoms with Gasteiger partial charge < -0.3 is 5.21 Å². The van der Waals surface area contributed by atoms with Crippen molar-refractivity contribution in [3.05, 3.63) is 29.0 Å². The topological polar surface area (TPSA) is 32.6 Å². The largest absolute Gasteiger partial charge is 0.411 e. The summed E-state index contributed by atoms with van der Waals surface area (Å²) in [5.74, 6) is 0. The van der Waals surface area contributed by atoms with Crippen LogP contribution in [0, 0.1) is 5.41 Å². The maximum atomic E-state index is 8.48. The van der Waals surface area contributed by atoms with E-state index in [4.69, 9.17) is 5.21 Å². The molecule has 0 aliphatic rings. The lowest BCUT2D eigenvalue weighted by Gasteiger charge is -2.09. The SMILES string of the molecule is CC(=C=CC(C)(C)/C=N\O)CCC=C(C)C. The number of nitrogens with zero attached hydrogens (tertiary/aromatic N) is 1. The summed E-state index contributed by atoms with van der Waals surface area (Å²) in [6.07, 6.45) is 7.75. The molecular formula is C14H23NO. The average molecular weight is 221 g/mol. The average Bonchev–Trinajstić information content (AvgIpc) is 2.14. The van der Waals surface area contributed by atoms with Crippen LogP contribution in [0.2, 0.25) is 0 Å². The molecule has 0 aliphatic heterocycles. The highest BCUT2D eigenvalue weighted by Crippen LogP contribution is 2.14. The van der Waals surface area contributed by atoms with Crippen molar-refractivity contribution in [3.63, 3.8) is 0 Å². The minimum Gasteiger partial charge on any atom is -0.411 e. The predicted octanol–water partition coefficient (Wildman–Crippen LogP) is 4.32. The number of rotatable bonds is 5.